The van der Waals surface area contributed by atoms with Crippen LogP contribution in [0, 0.1) is 0 Å². The molecule has 4 heterocycles. The summed E-state index contributed by atoms with van der Waals surface area (Å²) in [6.07, 6.45) is 4.29. The van der Waals surface area contributed by atoms with Crippen LogP contribution in [0.1, 0.15) is 75.7 Å². The highest BCUT2D eigenvalue weighted by molar-refractivity contribution is 7.10. The van der Waals surface area contributed by atoms with Gasteiger partial charge in [-0.15, -0.1) is 11.3 Å². The minimum absolute atomic E-state index is 0.102. The monoisotopic (exact) mass is 564 g/mol. The summed E-state index contributed by atoms with van der Waals surface area (Å²) in [4.78, 5) is 28.1. The quantitative estimate of drug-likeness (QED) is 0.392. The zero-order valence-electron chi connectivity index (χ0n) is 25.3. The molecule has 2 aliphatic heterocycles. The van der Waals surface area contributed by atoms with E-state index in [1.54, 1.807) is 0 Å². The number of piperazine rings is 1. The van der Waals surface area contributed by atoms with E-state index in [1.165, 1.54) is 10.4 Å². The smallest absolute Gasteiger partial charge is 0.261 e. The molecule has 0 amide bonds. The number of nitrogens with one attached hydrogen (secondary N) is 1. The van der Waals surface area contributed by atoms with Crippen molar-refractivity contribution < 1.29 is 0 Å². The molecule has 5 rings (SSSR count). The molecule has 0 aliphatic carbocycles. The van der Waals surface area contributed by atoms with Crippen molar-refractivity contribution in [2.45, 2.75) is 90.1 Å². The molecule has 0 radical (unpaired) electrons. The number of benzene rings is 1. The van der Waals surface area contributed by atoms with Gasteiger partial charge in [-0.25, -0.2) is 4.98 Å². The summed E-state index contributed by atoms with van der Waals surface area (Å²) in [5.41, 5.74) is 2.25. The van der Waals surface area contributed by atoms with Gasteiger partial charge in [0.1, 0.15) is 5.82 Å². The maximum absolute atomic E-state index is 13.9. The lowest BCUT2D eigenvalue weighted by molar-refractivity contribution is 0.0535. The lowest BCUT2D eigenvalue weighted by atomic mass is 9.84. The summed E-state index contributed by atoms with van der Waals surface area (Å²) in [5, 5.41) is 6.59. The third kappa shape index (κ3) is 5.79. The van der Waals surface area contributed by atoms with E-state index in [9.17, 15) is 4.79 Å². The molecule has 1 N–H and O–H groups in total. The first-order valence-corrected chi connectivity index (χ1v) is 16.1. The number of hydrogen-bond acceptors (Lipinski definition) is 7. The molecular formula is C32H48N6OS. The second-order valence-electron chi connectivity index (χ2n) is 12.3. The Balaban J connectivity index is 1.39. The number of piperidine rings is 1. The molecular weight excluding hydrogens is 516 g/mol. The van der Waals surface area contributed by atoms with Gasteiger partial charge in [0, 0.05) is 56.2 Å². The summed E-state index contributed by atoms with van der Waals surface area (Å²) in [5.74, 6) is 0.931. The number of likely N-dealkylation sites (tertiary alicyclic amines) is 1. The predicted octanol–water partition coefficient (Wildman–Crippen LogP) is 5.05. The Morgan fingerprint density at radius 3 is 2.45 bits per heavy atom. The Labute approximate surface area is 244 Å². The van der Waals surface area contributed by atoms with Gasteiger partial charge in [-0.1, -0.05) is 25.5 Å². The van der Waals surface area contributed by atoms with Crippen molar-refractivity contribution in [2.24, 2.45) is 0 Å². The number of rotatable bonds is 9. The standard InChI is InChI=1S/C32H48N6OS/c1-7-10-28(37-20-23(3)33-24(4)21-37)30-34-27-13-12-25(19-26(27)31(39)38(30)8-2)22-36-16-14-32(15-17-36,35(5)6)29-11-9-18-40-29/h9,11-13,18-19,23-24,28,33H,7-8,10,14-17,20-22H2,1-6H3/t23-,24+,28?. The minimum atomic E-state index is 0.102. The molecule has 0 spiro atoms. The highest BCUT2D eigenvalue weighted by Crippen LogP contribution is 2.40. The lowest BCUT2D eigenvalue weighted by Crippen LogP contribution is -2.55. The van der Waals surface area contributed by atoms with Crippen LogP contribution in [0.15, 0.2) is 40.5 Å². The van der Waals surface area contributed by atoms with Crippen LogP contribution in [0.5, 0.6) is 0 Å². The first-order chi connectivity index (χ1) is 19.3. The Hall–Kier alpha value is -2.10. The maximum atomic E-state index is 13.9. The Morgan fingerprint density at radius 2 is 1.85 bits per heavy atom. The van der Waals surface area contributed by atoms with Gasteiger partial charge in [-0.2, -0.15) is 0 Å². The zero-order chi connectivity index (χ0) is 28.4. The fourth-order valence-corrected chi connectivity index (χ4v) is 8.18. The van der Waals surface area contributed by atoms with Crippen molar-refractivity contribution in [3.05, 3.63) is 62.3 Å². The van der Waals surface area contributed by atoms with Crippen LogP contribution in [0.2, 0.25) is 0 Å². The van der Waals surface area contributed by atoms with E-state index in [1.807, 2.05) is 15.9 Å². The third-order valence-corrected chi connectivity index (χ3v) is 10.2. The summed E-state index contributed by atoms with van der Waals surface area (Å²) in [6, 6.07) is 11.8. The highest BCUT2D eigenvalue weighted by Gasteiger charge is 2.39. The van der Waals surface area contributed by atoms with E-state index in [0.717, 1.165) is 75.1 Å². The SMILES string of the molecule is CCCC(c1nc2ccc(CN3CCC(c4cccs4)(N(C)C)CC3)cc2c(=O)n1CC)N1C[C@@H](C)N[C@@H](C)C1. The molecule has 3 aromatic rings. The van der Waals surface area contributed by atoms with Gasteiger partial charge in [0.05, 0.1) is 22.5 Å². The summed E-state index contributed by atoms with van der Waals surface area (Å²) in [7, 11) is 4.43. The molecule has 0 saturated carbocycles. The molecule has 3 atom stereocenters. The number of hydrogen-bond donors (Lipinski definition) is 1. The predicted molar refractivity (Wildman–Crippen MR) is 167 cm³/mol. The zero-order valence-corrected chi connectivity index (χ0v) is 26.1. The number of nitrogens with zero attached hydrogens (tertiary/aromatic N) is 5. The molecule has 7 nitrogen and oxygen atoms in total. The second-order valence-corrected chi connectivity index (χ2v) is 13.2. The molecule has 1 unspecified atom stereocenters. The maximum Gasteiger partial charge on any atom is 0.261 e. The van der Waals surface area contributed by atoms with Gasteiger partial charge in [-0.05, 0) is 83.3 Å². The summed E-state index contributed by atoms with van der Waals surface area (Å²) < 4.78 is 1.94. The molecule has 1 aromatic carbocycles. The van der Waals surface area contributed by atoms with Gasteiger partial charge >= 0.3 is 0 Å². The van der Waals surface area contributed by atoms with Crippen LogP contribution in [-0.2, 0) is 18.6 Å². The highest BCUT2D eigenvalue weighted by atomic mass is 32.1. The Kier molecular flexibility index (Phi) is 9.12. The normalized spacial score (nSPS) is 23.2. The summed E-state index contributed by atoms with van der Waals surface area (Å²) >= 11 is 1.87. The molecule has 218 valence electrons. The van der Waals surface area contributed by atoms with Crippen molar-refractivity contribution in [3.63, 3.8) is 0 Å². The van der Waals surface area contributed by atoms with Crippen LogP contribution >= 0.6 is 11.3 Å². The third-order valence-electron chi connectivity index (χ3n) is 9.18. The minimum Gasteiger partial charge on any atom is -0.309 e. The molecule has 2 aromatic heterocycles. The van der Waals surface area contributed by atoms with Gasteiger partial charge in [-0.3, -0.25) is 24.1 Å². The van der Waals surface area contributed by atoms with E-state index >= 15 is 0 Å². The first-order valence-electron chi connectivity index (χ1n) is 15.2. The van der Waals surface area contributed by atoms with Gasteiger partial charge in [0.25, 0.3) is 5.56 Å². The van der Waals surface area contributed by atoms with Crippen molar-refractivity contribution in [1.29, 1.82) is 0 Å². The molecule has 2 saturated heterocycles. The van der Waals surface area contributed by atoms with Crippen LogP contribution in [0.3, 0.4) is 0 Å². The van der Waals surface area contributed by atoms with E-state index in [4.69, 9.17) is 4.98 Å². The van der Waals surface area contributed by atoms with Crippen molar-refractivity contribution >= 4 is 22.2 Å². The Morgan fingerprint density at radius 1 is 1.12 bits per heavy atom. The van der Waals surface area contributed by atoms with E-state index < -0.39 is 0 Å². The number of thiophene rings is 1. The van der Waals surface area contributed by atoms with E-state index in [2.05, 4.69) is 97.5 Å². The molecule has 2 aliphatic rings. The van der Waals surface area contributed by atoms with Crippen LogP contribution in [0.4, 0.5) is 0 Å². The summed E-state index contributed by atoms with van der Waals surface area (Å²) in [6.45, 7) is 14.4. The van der Waals surface area contributed by atoms with Gasteiger partial charge in [0.2, 0.25) is 0 Å². The van der Waals surface area contributed by atoms with Gasteiger partial charge in [0.15, 0.2) is 0 Å². The largest absolute Gasteiger partial charge is 0.309 e. The fourth-order valence-electron chi connectivity index (χ4n) is 7.11. The van der Waals surface area contributed by atoms with Crippen LogP contribution in [0.25, 0.3) is 10.9 Å². The van der Waals surface area contributed by atoms with Crippen LogP contribution < -0.4 is 10.9 Å². The fraction of sp³-hybridized carbons (Fsp3) is 0.625. The Bertz CT molecular complexity index is 1320. The topological polar surface area (TPSA) is 56.6 Å². The van der Waals surface area contributed by atoms with Crippen molar-refractivity contribution in [3.8, 4) is 0 Å². The van der Waals surface area contributed by atoms with Crippen molar-refractivity contribution in [2.75, 3.05) is 40.3 Å². The van der Waals surface area contributed by atoms with E-state index in [0.29, 0.717) is 18.6 Å². The average molecular weight is 565 g/mol. The lowest BCUT2D eigenvalue weighted by Gasteiger charge is -2.45. The average Bonchev–Trinajstić information content (AvgIpc) is 3.47. The van der Waals surface area contributed by atoms with Gasteiger partial charge < -0.3 is 5.32 Å². The number of aromatic nitrogens is 2. The van der Waals surface area contributed by atoms with E-state index in [-0.39, 0.29) is 17.1 Å². The molecule has 8 heteroatoms. The van der Waals surface area contributed by atoms with Crippen LogP contribution in [-0.4, -0.2) is 76.6 Å². The molecule has 0 bridgehead atoms. The second kappa shape index (κ2) is 12.4. The molecule has 2 fully saturated rings. The van der Waals surface area contributed by atoms with Crippen molar-refractivity contribution in [1.82, 2.24) is 29.6 Å². The number of fused-ring (bicyclic) bond motifs is 1. The molecule has 40 heavy (non-hydrogen) atoms. The first kappa shape index (κ1) is 29.4.